The van der Waals surface area contributed by atoms with Crippen LogP contribution in [0.2, 0.25) is 10.0 Å². The molecule has 1 aromatic heterocycles. The zero-order valence-corrected chi connectivity index (χ0v) is 15.9. The van der Waals surface area contributed by atoms with Crippen LogP contribution in [-0.4, -0.2) is 24.3 Å². The average molecular weight is 423 g/mol. The highest BCUT2D eigenvalue weighted by Crippen LogP contribution is 2.27. The lowest BCUT2D eigenvalue weighted by molar-refractivity contribution is 0.102. The Kier molecular flexibility index (Phi) is 5.59. The molecule has 10 heteroatoms. The van der Waals surface area contributed by atoms with Gasteiger partial charge in [0.05, 0.1) is 16.9 Å². The van der Waals surface area contributed by atoms with Crippen LogP contribution in [0.3, 0.4) is 0 Å². The van der Waals surface area contributed by atoms with Crippen LogP contribution in [0.1, 0.15) is 10.5 Å². The first-order valence-corrected chi connectivity index (χ1v) is 9.74. The standard InChI is InChI=1S/C17H12Cl2N4O3S/c18-11-2-1-3-13(8-11)23-27(25,26)16-9-12(4-5-14(16)19)22-17(24)15-10-20-6-7-21-15/h1-10,23H,(H,22,24). The summed E-state index contributed by atoms with van der Waals surface area (Å²) in [7, 11) is -4.00. The first-order chi connectivity index (χ1) is 12.8. The van der Waals surface area contributed by atoms with Gasteiger partial charge in [0.25, 0.3) is 15.9 Å². The van der Waals surface area contributed by atoms with E-state index >= 15 is 0 Å². The summed E-state index contributed by atoms with van der Waals surface area (Å²) in [6.45, 7) is 0. The molecule has 1 amide bonds. The van der Waals surface area contributed by atoms with Crippen LogP contribution < -0.4 is 10.0 Å². The molecule has 0 atom stereocenters. The molecule has 0 aliphatic carbocycles. The summed E-state index contributed by atoms with van der Waals surface area (Å²) < 4.78 is 27.7. The molecule has 138 valence electrons. The number of aromatic nitrogens is 2. The molecule has 0 saturated carbocycles. The summed E-state index contributed by atoms with van der Waals surface area (Å²) in [5.41, 5.74) is 0.614. The second-order valence-corrected chi connectivity index (χ2v) is 7.80. The summed E-state index contributed by atoms with van der Waals surface area (Å²) >= 11 is 11.9. The van der Waals surface area contributed by atoms with Gasteiger partial charge >= 0.3 is 0 Å². The number of benzene rings is 2. The van der Waals surface area contributed by atoms with Crippen molar-refractivity contribution in [1.82, 2.24) is 9.97 Å². The quantitative estimate of drug-likeness (QED) is 0.650. The molecule has 0 bridgehead atoms. The van der Waals surface area contributed by atoms with Crippen molar-refractivity contribution in [1.29, 1.82) is 0 Å². The van der Waals surface area contributed by atoms with Gasteiger partial charge in [-0.25, -0.2) is 13.4 Å². The number of amides is 1. The molecule has 27 heavy (non-hydrogen) atoms. The first-order valence-electron chi connectivity index (χ1n) is 7.50. The third kappa shape index (κ3) is 4.73. The third-order valence-corrected chi connectivity index (χ3v) is 5.45. The SMILES string of the molecule is O=C(Nc1ccc(Cl)c(S(=O)(=O)Nc2cccc(Cl)c2)c1)c1cnccn1. The van der Waals surface area contributed by atoms with Crippen molar-refractivity contribution in [2.24, 2.45) is 0 Å². The average Bonchev–Trinajstić information content (AvgIpc) is 2.63. The van der Waals surface area contributed by atoms with Crippen molar-refractivity contribution in [3.63, 3.8) is 0 Å². The zero-order chi connectivity index (χ0) is 19.4. The fraction of sp³-hybridized carbons (Fsp3) is 0. The Morgan fingerprint density at radius 2 is 1.81 bits per heavy atom. The summed E-state index contributed by atoms with van der Waals surface area (Å²) in [6.07, 6.45) is 4.11. The van der Waals surface area contributed by atoms with Gasteiger partial charge in [0.15, 0.2) is 0 Å². The summed E-state index contributed by atoms with van der Waals surface area (Å²) in [6, 6.07) is 10.4. The van der Waals surface area contributed by atoms with Crippen LogP contribution in [0.15, 0.2) is 66.0 Å². The zero-order valence-electron chi connectivity index (χ0n) is 13.6. The van der Waals surface area contributed by atoms with E-state index in [1.807, 2.05) is 0 Å². The molecule has 0 fully saturated rings. The number of nitrogens with one attached hydrogen (secondary N) is 2. The predicted molar refractivity (Wildman–Crippen MR) is 104 cm³/mol. The summed E-state index contributed by atoms with van der Waals surface area (Å²) in [5, 5.41) is 2.94. The summed E-state index contributed by atoms with van der Waals surface area (Å²) in [5.74, 6) is -0.531. The Hall–Kier alpha value is -2.68. The highest BCUT2D eigenvalue weighted by atomic mass is 35.5. The molecule has 0 spiro atoms. The van der Waals surface area contributed by atoms with E-state index in [0.29, 0.717) is 5.02 Å². The minimum Gasteiger partial charge on any atom is -0.321 e. The van der Waals surface area contributed by atoms with Crippen molar-refractivity contribution in [3.05, 3.63) is 76.8 Å². The lowest BCUT2D eigenvalue weighted by Gasteiger charge is -2.12. The van der Waals surface area contributed by atoms with Gasteiger partial charge in [-0.1, -0.05) is 29.3 Å². The number of carbonyl (C=O) groups is 1. The highest BCUT2D eigenvalue weighted by Gasteiger charge is 2.20. The van der Waals surface area contributed by atoms with Crippen LogP contribution in [-0.2, 0) is 10.0 Å². The number of halogens is 2. The smallest absolute Gasteiger partial charge is 0.275 e. The number of rotatable bonds is 5. The molecule has 3 aromatic rings. The van der Waals surface area contributed by atoms with E-state index in [1.54, 1.807) is 18.2 Å². The van der Waals surface area contributed by atoms with Crippen molar-refractivity contribution >= 4 is 50.5 Å². The molecule has 0 aliphatic heterocycles. The largest absolute Gasteiger partial charge is 0.321 e. The van der Waals surface area contributed by atoms with Crippen LogP contribution in [0.25, 0.3) is 0 Å². The maximum Gasteiger partial charge on any atom is 0.275 e. The Labute approximate surface area is 165 Å². The number of carbonyl (C=O) groups excluding carboxylic acids is 1. The van der Waals surface area contributed by atoms with E-state index in [4.69, 9.17) is 23.2 Å². The van der Waals surface area contributed by atoms with Crippen molar-refractivity contribution in [2.45, 2.75) is 4.90 Å². The van der Waals surface area contributed by atoms with Gasteiger partial charge in [0.1, 0.15) is 10.6 Å². The van der Waals surface area contributed by atoms with Gasteiger partial charge in [0.2, 0.25) is 0 Å². The second kappa shape index (κ2) is 7.91. The Morgan fingerprint density at radius 3 is 2.52 bits per heavy atom. The van der Waals surface area contributed by atoms with Gasteiger partial charge in [0, 0.05) is 23.1 Å². The lowest BCUT2D eigenvalue weighted by atomic mass is 10.3. The topological polar surface area (TPSA) is 101 Å². The fourth-order valence-corrected chi connectivity index (χ4v) is 3.93. The number of anilines is 2. The number of hydrogen-bond acceptors (Lipinski definition) is 5. The minimum absolute atomic E-state index is 0.00188. The van der Waals surface area contributed by atoms with Crippen molar-refractivity contribution in [3.8, 4) is 0 Å². The van der Waals surface area contributed by atoms with Gasteiger partial charge in [-0.05, 0) is 36.4 Å². The van der Waals surface area contributed by atoms with E-state index in [0.717, 1.165) is 0 Å². The maximum absolute atomic E-state index is 12.7. The fourth-order valence-electron chi connectivity index (χ4n) is 2.16. The van der Waals surface area contributed by atoms with E-state index in [2.05, 4.69) is 20.0 Å². The lowest BCUT2D eigenvalue weighted by Crippen LogP contribution is -2.16. The molecule has 0 saturated heterocycles. The van der Waals surface area contributed by atoms with Crippen molar-refractivity contribution < 1.29 is 13.2 Å². The van der Waals surface area contributed by atoms with Gasteiger partial charge < -0.3 is 5.32 Å². The molecular weight excluding hydrogens is 411 g/mol. The molecular formula is C17H12Cl2N4O3S. The summed E-state index contributed by atoms with van der Waals surface area (Å²) in [4.78, 5) is 19.7. The molecule has 0 unspecified atom stereocenters. The Balaban J connectivity index is 1.87. The molecule has 7 nitrogen and oxygen atoms in total. The predicted octanol–water partition coefficient (Wildman–Crippen LogP) is 3.84. The van der Waals surface area contributed by atoms with Crippen LogP contribution in [0.5, 0.6) is 0 Å². The molecule has 2 aromatic carbocycles. The molecule has 3 rings (SSSR count). The normalized spacial score (nSPS) is 11.0. The maximum atomic E-state index is 12.7. The number of sulfonamides is 1. The van der Waals surface area contributed by atoms with Gasteiger partial charge in [-0.15, -0.1) is 0 Å². The van der Waals surface area contributed by atoms with E-state index in [-0.39, 0.29) is 27.0 Å². The molecule has 0 radical (unpaired) electrons. The molecule has 2 N–H and O–H groups in total. The van der Waals surface area contributed by atoms with E-state index in [1.165, 1.54) is 42.9 Å². The number of nitrogens with zero attached hydrogens (tertiary/aromatic N) is 2. The van der Waals surface area contributed by atoms with Gasteiger partial charge in [-0.2, -0.15) is 0 Å². The van der Waals surface area contributed by atoms with E-state index < -0.39 is 15.9 Å². The Morgan fingerprint density at radius 1 is 1.00 bits per heavy atom. The second-order valence-electron chi connectivity index (χ2n) is 5.31. The molecule has 0 aliphatic rings. The van der Waals surface area contributed by atoms with Crippen LogP contribution >= 0.6 is 23.2 Å². The molecule has 1 heterocycles. The van der Waals surface area contributed by atoms with Crippen molar-refractivity contribution in [2.75, 3.05) is 10.0 Å². The number of hydrogen-bond donors (Lipinski definition) is 2. The van der Waals surface area contributed by atoms with Gasteiger partial charge in [-0.3, -0.25) is 14.5 Å². The highest BCUT2D eigenvalue weighted by molar-refractivity contribution is 7.92. The monoisotopic (exact) mass is 422 g/mol. The van der Waals surface area contributed by atoms with Crippen LogP contribution in [0, 0.1) is 0 Å². The third-order valence-electron chi connectivity index (χ3n) is 3.35. The Bertz CT molecular complexity index is 1090. The van der Waals surface area contributed by atoms with E-state index in [9.17, 15) is 13.2 Å². The van der Waals surface area contributed by atoms with Crippen LogP contribution in [0.4, 0.5) is 11.4 Å². The minimum atomic E-state index is -4.00. The first kappa shape index (κ1) is 19.1.